The molecular formula is C15H23Cl2NO3. The number of hydrogen-bond donors (Lipinski definition) is 2. The predicted molar refractivity (Wildman–Crippen MR) is 86.5 cm³/mol. The molecule has 0 aliphatic carbocycles. The van der Waals surface area contributed by atoms with Crippen molar-refractivity contribution in [3.05, 3.63) is 28.2 Å². The highest BCUT2D eigenvalue weighted by Crippen LogP contribution is 2.27. The third-order valence-corrected chi connectivity index (χ3v) is 3.62. The van der Waals surface area contributed by atoms with E-state index in [0.29, 0.717) is 34.9 Å². The summed E-state index contributed by atoms with van der Waals surface area (Å²) in [5, 5.41) is 14.2. The van der Waals surface area contributed by atoms with E-state index in [1.807, 2.05) is 0 Å². The molecule has 0 heterocycles. The van der Waals surface area contributed by atoms with Crippen LogP contribution in [0.1, 0.15) is 13.8 Å². The van der Waals surface area contributed by atoms with E-state index in [9.17, 15) is 5.11 Å². The van der Waals surface area contributed by atoms with E-state index >= 15 is 0 Å². The zero-order valence-corrected chi connectivity index (χ0v) is 14.1. The maximum atomic E-state index is 9.96. The summed E-state index contributed by atoms with van der Waals surface area (Å²) < 4.78 is 10.6. The van der Waals surface area contributed by atoms with Crippen LogP contribution in [0.5, 0.6) is 5.75 Å². The maximum Gasteiger partial charge on any atom is 0.138 e. The Morgan fingerprint density at radius 1 is 1.24 bits per heavy atom. The van der Waals surface area contributed by atoms with Gasteiger partial charge in [0.05, 0.1) is 11.6 Å². The molecule has 21 heavy (non-hydrogen) atoms. The molecule has 0 amide bonds. The normalized spacial score (nSPS) is 14.2. The van der Waals surface area contributed by atoms with Gasteiger partial charge in [0.2, 0.25) is 0 Å². The van der Waals surface area contributed by atoms with Gasteiger partial charge in [-0.25, -0.2) is 0 Å². The minimum atomic E-state index is -0.630. The molecule has 2 atom stereocenters. The molecule has 1 aromatic rings. The summed E-state index contributed by atoms with van der Waals surface area (Å²) >= 11 is 11.8. The number of nitrogens with one attached hydrogen (secondary N) is 1. The Balaban J connectivity index is 2.38. The van der Waals surface area contributed by atoms with Crippen molar-refractivity contribution in [2.45, 2.75) is 26.0 Å². The molecule has 0 radical (unpaired) electrons. The van der Waals surface area contributed by atoms with Gasteiger partial charge in [-0.05, 0) is 24.1 Å². The van der Waals surface area contributed by atoms with Crippen molar-refractivity contribution in [1.29, 1.82) is 0 Å². The lowest BCUT2D eigenvalue weighted by Crippen LogP contribution is -2.43. The SMILES string of the molecule is COCC(NCC(O)COc1ccc(Cl)cc1Cl)C(C)C. The van der Waals surface area contributed by atoms with Gasteiger partial charge < -0.3 is 19.9 Å². The van der Waals surface area contributed by atoms with E-state index in [2.05, 4.69) is 19.2 Å². The van der Waals surface area contributed by atoms with Gasteiger partial charge in [0.15, 0.2) is 0 Å². The molecule has 0 aliphatic heterocycles. The minimum Gasteiger partial charge on any atom is -0.489 e. The number of benzene rings is 1. The molecule has 120 valence electrons. The van der Waals surface area contributed by atoms with Gasteiger partial charge in [-0.2, -0.15) is 0 Å². The molecule has 0 spiro atoms. The lowest BCUT2D eigenvalue weighted by Gasteiger charge is -2.23. The fourth-order valence-electron chi connectivity index (χ4n) is 1.79. The molecule has 1 aromatic carbocycles. The Labute approximate surface area is 136 Å². The number of aliphatic hydroxyl groups is 1. The first-order chi connectivity index (χ1) is 9.93. The van der Waals surface area contributed by atoms with Crippen molar-refractivity contribution in [3.8, 4) is 5.75 Å². The van der Waals surface area contributed by atoms with E-state index in [0.717, 1.165) is 0 Å². The Bertz CT molecular complexity index is 429. The van der Waals surface area contributed by atoms with Gasteiger partial charge in [0, 0.05) is 24.7 Å². The van der Waals surface area contributed by atoms with Crippen molar-refractivity contribution in [2.75, 3.05) is 26.9 Å². The summed E-state index contributed by atoms with van der Waals surface area (Å²) in [6.45, 7) is 5.40. The first-order valence-electron chi connectivity index (χ1n) is 6.92. The second-order valence-electron chi connectivity index (χ2n) is 5.25. The standard InChI is InChI=1S/C15H23Cl2NO3/c1-10(2)14(9-20-3)18-7-12(19)8-21-15-5-4-11(16)6-13(15)17/h4-6,10,12,14,18-19H,7-9H2,1-3H3. The van der Waals surface area contributed by atoms with Crippen LogP contribution < -0.4 is 10.1 Å². The van der Waals surface area contributed by atoms with Crippen LogP contribution in [0.3, 0.4) is 0 Å². The van der Waals surface area contributed by atoms with E-state index in [1.165, 1.54) is 0 Å². The molecule has 0 saturated heterocycles. The Morgan fingerprint density at radius 3 is 2.52 bits per heavy atom. The van der Waals surface area contributed by atoms with E-state index in [-0.39, 0.29) is 12.6 Å². The summed E-state index contributed by atoms with van der Waals surface area (Å²) in [5.74, 6) is 0.932. The van der Waals surface area contributed by atoms with E-state index < -0.39 is 6.10 Å². The van der Waals surface area contributed by atoms with Gasteiger partial charge in [0.1, 0.15) is 18.5 Å². The quantitative estimate of drug-likeness (QED) is 0.728. The highest BCUT2D eigenvalue weighted by atomic mass is 35.5. The fourth-order valence-corrected chi connectivity index (χ4v) is 2.25. The molecular weight excluding hydrogens is 313 g/mol. The van der Waals surface area contributed by atoms with Crippen molar-refractivity contribution >= 4 is 23.2 Å². The third-order valence-electron chi connectivity index (χ3n) is 3.09. The van der Waals surface area contributed by atoms with E-state index in [4.69, 9.17) is 32.7 Å². The number of ether oxygens (including phenoxy) is 2. The number of hydrogen-bond acceptors (Lipinski definition) is 4. The molecule has 0 saturated carbocycles. The topological polar surface area (TPSA) is 50.7 Å². The van der Waals surface area contributed by atoms with Crippen LogP contribution in [-0.4, -0.2) is 44.1 Å². The van der Waals surface area contributed by atoms with Gasteiger partial charge in [-0.1, -0.05) is 37.0 Å². The van der Waals surface area contributed by atoms with Crippen LogP contribution in [-0.2, 0) is 4.74 Å². The van der Waals surface area contributed by atoms with E-state index in [1.54, 1.807) is 25.3 Å². The molecule has 0 fully saturated rings. The van der Waals surface area contributed by atoms with Gasteiger partial charge in [-0.15, -0.1) is 0 Å². The van der Waals surface area contributed by atoms with Crippen LogP contribution in [0.15, 0.2) is 18.2 Å². The van der Waals surface area contributed by atoms with Crippen LogP contribution in [0, 0.1) is 5.92 Å². The van der Waals surface area contributed by atoms with Gasteiger partial charge >= 0.3 is 0 Å². The molecule has 1 rings (SSSR count). The Morgan fingerprint density at radius 2 is 1.95 bits per heavy atom. The highest BCUT2D eigenvalue weighted by Gasteiger charge is 2.15. The molecule has 2 N–H and O–H groups in total. The third kappa shape index (κ3) is 6.85. The maximum absolute atomic E-state index is 9.96. The van der Waals surface area contributed by atoms with Gasteiger partial charge in [0.25, 0.3) is 0 Å². The summed E-state index contributed by atoms with van der Waals surface area (Å²) in [6, 6.07) is 5.19. The highest BCUT2D eigenvalue weighted by molar-refractivity contribution is 6.35. The molecule has 0 bridgehead atoms. The van der Waals surface area contributed by atoms with Crippen LogP contribution in [0.4, 0.5) is 0 Å². The monoisotopic (exact) mass is 335 g/mol. The molecule has 4 nitrogen and oxygen atoms in total. The second kappa shape index (κ2) is 9.49. The minimum absolute atomic E-state index is 0.159. The van der Waals surface area contributed by atoms with Gasteiger partial charge in [-0.3, -0.25) is 0 Å². The largest absolute Gasteiger partial charge is 0.489 e. The van der Waals surface area contributed by atoms with Crippen LogP contribution in [0.2, 0.25) is 10.0 Å². The smallest absolute Gasteiger partial charge is 0.138 e. The number of methoxy groups -OCH3 is 1. The first kappa shape index (κ1) is 18.5. The van der Waals surface area contributed by atoms with Crippen LogP contribution in [0.25, 0.3) is 0 Å². The van der Waals surface area contributed by atoms with Crippen molar-refractivity contribution in [2.24, 2.45) is 5.92 Å². The van der Waals surface area contributed by atoms with Crippen molar-refractivity contribution in [3.63, 3.8) is 0 Å². The number of rotatable bonds is 9. The van der Waals surface area contributed by atoms with Crippen molar-refractivity contribution in [1.82, 2.24) is 5.32 Å². The van der Waals surface area contributed by atoms with Crippen molar-refractivity contribution < 1.29 is 14.6 Å². The van der Waals surface area contributed by atoms with Crippen LogP contribution >= 0.6 is 23.2 Å². The molecule has 0 aromatic heterocycles. The summed E-state index contributed by atoms with van der Waals surface area (Å²) in [7, 11) is 1.67. The fraction of sp³-hybridized carbons (Fsp3) is 0.600. The molecule has 6 heteroatoms. The number of halogens is 2. The Kier molecular flexibility index (Phi) is 8.37. The zero-order chi connectivity index (χ0) is 15.8. The average Bonchev–Trinajstić information content (AvgIpc) is 2.42. The average molecular weight is 336 g/mol. The predicted octanol–water partition coefficient (Wildman–Crippen LogP) is 2.99. The first-order valence-corrected chi connectivity index (χ1v) is 7.67. The second-order valence-corrected chi connectivity index (χ2v) is 6.10. The Hall–Kier alpha value is -0.520. The number of aliphatic hydroxyl groups excluding tert-OH is 1. The lowest BCUT2D eigenvalue weighted by atomic mass is 10.1. The summed E-state index contributed by atoms with van der Waals surface area (Å²) in [5.41, 5.74) is 0. The molecule has 0 aliphatic rings. The lowest BCUT2D eigenvalue weighted by molar-refractivity contribution is 0.0901. The summed E-state index contributed by atoms with van der Waals surface area (Å²) in [4.78, 5) is 0. The molecule has 2 unspecified atom stereocenters. The zero-order valence-electron chi connectivity index (χ0n) is 12.6. The summed E-state index contributed by atoms with van der Waals surface area (Å²) in [6.07, 6.45) is -0.630.